The van der Waals surface area contributed by atoms with Gasteiger partial charge in [-0.05, 0) is 31.4 Å². The molecule has 1 saturated heterocycles. The number of carbonyl (C=O) groups is 4. The third kappa shape index (κ3) is 4.59. The monoisotopic (exact) mass is 524 g/mol. The van der Waals surface area contributed by atoms with E-state index >= 15 is 0 Å². The van der Waals surface area contributed by atoms with Crippen molar-refractivity contribution in [1.82, 2.24) is 0 Å². The summed E-state index contributed by atoms with van der Waals surface area (Å²) < 4.78 is 22.7. The largest absolute Gasteiger partial charge is 0.462 e. The van der Waals surface area contributed by atoms with E-state index in [4.69, 9.17) is 30.5 Å². The molecule has 0 aromatic carbocycles. The summed E-state index contributed by atoms with van der Waals surface area (Å²) in [6, 6.07) is 0. The number of hydrogen-bond acceptors (Lipinski definition) is 9. The van der Waals surface area contributed by atoms with Crippen molar-refractivity contribution >= 4 is 35.5 Å². The molecule has 2 fully saturated rings. The van der Waals surface area contributed by atoms with Crippen LogP contribution in [0.2, 0.25) is 0 Å². The van der Waals surface area contributed by atoms with Crippen molar-refractivity contribution in [2.45, 2.75) is 82.9 Å². The second kappa shape index (κ2) is 10.0. The first kappa shape index (κ1) is 27.9. The minimum atomic E-state index is -2.11. The van der Waals surface area contributed by atoms with Crippen LogP contribution >= 0.6 is 11.6 Å². The molecule has 198 valence electrons. The number of fused-ring (bicyclic) bond motifs is 2. The van der Waals surface area contributed by atoms with E-state index in [2.05, 4.69) is 13.2 Å². The Hall–Kier alpha value is -2.65. The molecule has 9 atom stereocenters. The highest BCUT2D eigenvalue weighted by Gasteiger charge is 2.68. The van der Waals surface area contributed by atoms with Crippen LogP contribution in [0, 0.1) is 17.3 Å². The van der Waals surface area contributed by atoms with E-state index < -0.39 is 76.5 Å². The highest BCUT2D eigenvalue weighted by atomic mass is 35.5. The van der Waals surface area contributed by atoms with Gasteiger partial charge in [0, 0.05) is 26.7 Å². The predicted molar refractivity (Wildman–Crippen MR) is 129 cm³/mol. The van der Waals surface area contributed by atoms with Crippen LogP contribution in [0.3, 0.4) is 0 Å². The zero-order chi connectivity index (χ0) is 27.2. The van der Waals surface area contributed by atoms with Crippen molar-refractivity contribution in [2.24, 2.45) is 17.3 Å². The first-order valence-electron chi connectivity index (χ1n) is 11.8. The van der Waals surface area contributed by atoms with E-state index in [1.807, 2.05) is 0 Å². The van der Waals surface area contributed by atoms with Crippen molar-refractivity contribution in [2.75, 3.05) is 0 Å². The minimum absolute atomic E-state index is 0.265. The second-order valence-corrected chi connectivity index (χ2v) is 10.5. The number of allylic oxidation sites excluding steroid dienone is 1. The Morgan fingerprint density at radius 1 is 1.11 bits per heavy atom. The molecular weight excluding hydrogens is 492 g/mol. The number of alkyl halides is 1. The van der Waals surface area contributed by atoms with Gasteiger partial charge in [-0.3, -0.25) is 19.2 Å². The molecule has 0 aromatic heterocycles. The lowest BCUT2D eigenvalue weighted by Gasteiger charge is -2.55. The maximum atomic E-state index is 12.8. The molecule has 3 aliphatic rings. The van der Waals surface area contributed by atoms with E-state index in [9.17, 15) is 24.3 Å². The number of rotatable bonds is 3. The Morgan fingerprint density at radius 2 is 1.69 bits per heavy atom. The summed E-state index contributed by atoms with van der Waals surface area (Å²) in [5, 5.41) is 11.2. The summed E-state index contributed by atoms with van der Waals surface area (Å²) in [7, 11) is 0. The van der Waals surface area contributed by atoms with Gasteiger partial charge in [0.25, 0.3) is 0 Å². The second-order valence-electron chi connectivity index (χ2n) is 10.0. The number of esters is 4. The molecule has 1 N–H and O–H groups in total. The zero-order valence-corrected chi connectivity index (χ0v) is 21.9. The standard InChI is InChI=1S/C26H33ClO9/c1-12-8-10-18(33-15(4)28)25(7)19(34-16(5)29)11-9-13(2)21(27)23-26(32,14(3)24(31)36-23)22(20(12)25)35-17(6)30/h9,11,14,18-23,32H,1-2,8,10H2,3-7H3/b11-9-/t14-,18-,19+,20+,21-,22-,23-,25+,26+/m0/s1. The average molecular weight is 525 g/mol. The molecule has 9 nitrogen and oxygen atoms in total. The van der Waals surface area contributed by atoms with Crippen molar-refractivity contribution in [1.29, 1.82) is 0 Å². The topological polar surface area (TPSA) is 125 Å². The van der Waals surface area contributed by atoms with Crippen LogP contribution in [0.1, 0.15) is 47.5 Å². The average Bonchev–Trinajstić information content (AvgIpc) is 3.00. The number of halogens is 1. The van der Waals surface area contributed by atoms with Crippen molar-refractivity contribution in [3.8, 4) is 0 Å². The Bertz CT molecular complexity index is 1020. The molecule has 3 rings (SSSR count). The zero-order valence-electron chi connectivity index (χ0n) is 21.1. The summed E-state index contributed by atoms with van der Waals surface area (Å²) in [6.07, 6.45) is -0.810. The number of ether oxygens (including phenoxy) is 4. The van der Waals surface area contributed by atoms with Crippen LogP contribution in [0.4, 0.5) is 0 Å². The molecule has 0 unspecified atom stereocenters. The van der Waals surface area contributed by atoms with Crippen LogP contribution in [-0.4, -0.2) is 64.4 Å². The Morgan fingerprint density at radius 3 is 2.25 bits per heavy atom. The molecular formula is C26H33ClO9. The van der Waals surface area contributed by atoms with Crippen molar-refractivity contribution < 1.29 is 43.2 Å². The third-order valence-electron chi connectivity index (χ3n) is 7.65. The van der Waals surface area contributed by atoms with E-state index in [0.717, 1.165) is 0 Å². The van der Waals surface area contributed by atoms with Gasteiger partial charge in [-0.1, -0.05) is 31.7 Å². The summed E-state index contributed by atoms with van der Waals surface area (Å²) in [5.41, 5.74) is -2.57. The van der Waals surface area contributed by atoms with Crippen LogP contribution < -0.4 is 0 Å². The van der Waals surface area contributed by atoms with Gasteiger partial charge in [0.05, 0.1) is 16.7 Å². The molecule has 0 bridgehead atoms. The first-order chi connectivity index (χ1) is 16.6. The van der Waals surface area contributed by atoms with E-state index in [1.54, 1.807) is 13.0 Å². The number of carbonyl (C=O) groups excluding carboxylic acids is 4. The van der Waals surface area contributed by atoms with Gasteiger partial charge < -0.3 is 24.1 Å². The summed E-state index contributed by atoms with van der Waals surface area (Å²) in [6.45, 7) is 15.0. The van der Waals surface area contributed by atoms with Gasteiger partial charge in [0.2, 0.25) is 0 Å². The van der Waals surface area contributed by atoms with Crippen molar-refractivity contribution in [3.05, 3.63) is 36.5 Å². The summed E-state index contributed by atoms with van der Waals surface area (Å²) in [5.74, 6) is -4.71. The maximum Gasteiger partial charge on any atom is 0.312 e. The highest BCUT2D eigenvalue weighted by Crippen LogP contribution is 2.56. The van der Waals surface area contributed by atoms with Gasteiger partial charge in [0.15, 0.2) is 11.7 Å². The van der Waals surface area contributed by atoms with Crippen LogP contribution in [0.15, 0.2) is 36.5 Å². The van der Waals surface area contributed by atoms with Gasteiger partial charge in [0.1, 0.15) is 18.3 Å². The quantitative estimate of drug-likeness (QED) is 0.256. The van der Waals surface area contributed by atoms with Crippen LogP contribution in [0.5, 0.6) is 0 Å². The fourth-order valence-electron chi connectivity index (χ4n) is 5.83. The number of aliphatic hydroxyl groups is 1. The Kier molecular flexibility index (Phi) is 7.77. The lowest BCUT2D eigenvalue weighted by atomic mass is 9.55. The Labute approximate surface area is 215 Å². The molecule has 10 heteroatoms. The minimum Gasteiger partial charge on any atom is -0.462 e. The molecule has 0 radical (unpaired) electrons. The van der Waals surface area contributed by atoms with E-state index in [-0.39, 0.29) is 5.57 Å². The predicted octanol–water partition coefficient (Wildman–Crippen LogP) is 2.78. The molecule has 36 heavy (non-hydrogen) atoms. The molecule has 0 aromatic rings. The first-order valence-corrected chi connectivity index (χ1v) is 12.2. The maximum absolute atomic E-state index is 12.8. The smallest absolute Gasteiger partial charge is 0.312 e. The SMILES string of the molecule is C=C1CC[C@H](OC(C)=O)[C@@]2(C)[C@H]1[C@H](OC(C)=O)[C@]1(O)[C@@H](C)C(=O)O[C@H]1[C@@H](Cl)C(=C)/C=C\[C@H]2OC(C)=O. The number of hydrogen-bond donors (Lipinski definition) is 1. The molecule has 1 aliphatic heterocycles. The fraction of sp³-hybridized carbons (Fsp3) is 0.615. The van der Waals surface area contributed by atoms with Gasteiger partial charge in [-0.25, -0.2) is 0 Å². The molecule has 1 heterocycles. The summed E-state index contributed by atoms with van der Waals surface area (Å²) >= 11 is 6.66. The molecule has 1 saturated carbocycles. The third-order valence-corrected chi connectivity index (χ3v) is 8.16. The normalized spacial score (nSPS) is 41.3. The van der Waals surface area contributed by atoms with Gasteiger partial charge in [-0.2, -0.15) is 0 Å². The highest BCUT2D eigenvalue weighted by molar-refractivity contribution is 6.23. The molecule has 0 spiro atoms. The fourth-order valence-corrected chi connectivity index (χ4v) is 6.15. The Balaban J connectivity index is 2.39. The van der Waals surface area contributed by atoms with Crippen LogP contribution in [0.25, 0.3) is 0 Å². The lowest BCUT2D eigenvalue weighted by Crippen LogP contribution is -2.66. The molecule has 2 aliphatic carbocycles. The lowest BCUT2D eigenvalue weighted by molar-refractivity contribution is -0.217. The van der Waals surface area contributed by atoms with E-state index in [1.165, 1.54) is 33.8 Å². The summed E-state index contributed by atoms with van der Waals surface area (Å²) in [4.78, 5) is 49.5. The van der Waals surface area contributed by atoms with Crippen molar-refractivity contribution in [3.63, 3.8) is 0 Å². The van der Waals surface area contributed by atoms with Gasteiger partial charge >= 0.3 is 23.9 Å². The molecule has 0 amide bonds. The van der Waals surface area contributed by atoms with Crippen LogP contribution in [-0.2, 0) is 38.1 Å². The van der Waals surface area contributed by atoms with E-state index in [0.29, 0.717) is 18.4 Å². The van der Waals surface area contributed by atoms with Gasteiger partial charge in [-0.15, -0.1) is 11.6 Å².